The summed E-state index contributed by atoms with van der Waals surface area (Å²) in [6, 6.07) is 6.11. The summed E-state index contributed by atoms with van der Waals surface area (Å²) in [5.41, 5.74) is 4.50. The summed E-state index contributed by atoms with van der Waals surface area (Å²) in [5, 5.41) is 5.14. The SMILES string of the molecule is Cc1cc(I)ccc1NC(=O)c1csc2c1CCC(C(C)(C)C)C2. The molecule has 0 saturated carbocycles. The maximum absolute atomic E-state index is 12.8. The number of amides is 1. The minimum absolute atomic E-state index is 0.0333. The van der Waals surface area contributed by atoms with Crippen LogP contribution in [0.2, 0.25) is 0 Å². The van der Waals surface area contributed by atoms with Gasteiger partial charge in [-0.25, -0.2) is 0 Å². The zero-order valence-electron chi connectivity index (χ0n) is 14.7. The number of aryl methyl sites for hydroxylation is 1. The molecule has 1 aliphatic carbocycles. The molecule has 1 aromatic heterocycles. The first-order valence-electron chi connectivity index (χ1n) is 8.42. The Bertz CT molecular complexity index is 772. The Morgan fingerprint density at radius 2 is 2.08 bits per heavy atom. The molecule has 1 N–H and O–H groups in total. The fraction of sp³-hybridized carbons (Fsp3) is 0.450. The van der Waals surface area contributed by atoms with Crippen molar-refractivity contribution in [3.05, 3.63) is 48.7 Å². The van der Waals surface area contributed by atoms with E-state index in [1.807, 2.05) is 24.4 Å². The van der Waals surface area contributed by atoms with Crippen molar-refractivity contribution in [1.29, 1.82) is 0 Å². The minimum Gasteiger partial charge on any atom is -0.322 e. The second-order valence-corrected chi connectivity index (χ2v) is 9.98. The first-order valence-corrected chi connectivity index (χ1v) is 10.4. The second kappa shape index (κ2) is 6.79. The number of hydrogen-bond acceptors (Lipinski definition) is 2. The second-order valence-electron chi connectivity index (χ2n) is 7.77. The van der Waals surface area contributed by atoms with E-state index in [9.17, 15) is 4.79 Å². The predicted octanol–water partition coefficient (Wildman–Crippen LogP) is 6.06. The molecular weight excluding hydrogens is 429 g/mol. The van der Waals surface area contributed by atoms with Gasteiger partial charge in [-0.2, -0.15) is 0 Å². The van der Waals surface area contributed by atoms with E-state index in [1.165, 1.54) is 20.4 Å². The van der Waals surface area contributed by atoms with Gasteiger partial charge in [0.2, 0.25) is 0 Å². The third kappa shape index (κ3) is 3.69. The molecule has 0 saturated heterocycles. The largest absolute Gasteiger partial charge is 0.322 e. The van der Waals surface area contributed by atoms with Crippen molar-refractivity contribution in [3.8, 4) is 0 Å². The Hall–Kier alpha value is -0.880. The van der Waals surface area contributed by atoms with Gasteiger partial charge in [0.25, 0.3) is 5.91 Å². The van der Waals surface area contributed by atoms with E-state index >= 15 is 0 Å². The molecule has 4 heteroatoms. The van der Waals surface area contributed by atoms with E-state index in [0.29, 0.717) is 11.3 Å². The maximum atomic E-state index is 12.8. The van der Waals surface area contributed by atoms with Crippen molar-refractivity contribution in [1.82, 2.24) is 0 Å². The first kappa shape index (κ1) is 17.9. The van der Waals surface area contributed by atoms with Crippen LogP contribution in [0.1, 0.15) is 53.6 Å². The molecule has 0 bridgehead atoms. The molecule has 0 fully saturated rings. The molecule has 3 rings (SSSR count). The van der Waals surface area contributed by atoms with E-state index in [0.717, 1.165) is 29.7 Å². The van der Waals surface area contributed by atoms with Crippen LogP contribution < -0.4 is 5.32 Å². The minimum atomic E-state index is 0.0333. The van der Waals surface area contributed by atoms with Crippen LogP contribution in [-0.4, -0.2) is 5.91 Å². The number of carbonyl (C=O) groups excluding carboxylic acids is 1. The highest BCUT2D eigenvalue weighted by molar-refractivity contribution is 14.1. The number of anilines is 1. The third-order valence-corrected chi connectivity index (χ3v) is 6.78. The Morgan fingerprint density at radius 3 is 2.75 bits per heavy atom. The summed E-state index contributed by atoms with van der Waals surface area (Å²) in [7, 11) is 0. The lowest BCUT2D eigenvalue weighted by Crippen LogP contribution is -2.27. The molecule has 1 aromatic carbocycles. The molecule has 0 spiro atoms. The molecule has 2 nitrogen and oxygen atoms in total. The Balaban J connectivity index is 1.79. The van der Waals surface area contributed by atoms with Gasteiger partial charge in [0.1, 0.15) is 0 Å². The highest BCUT2D eigenvalue weighted by Crippen LogP contribution is 2.40. The number of benzene rings is 1. The molecule has 0 aliphatic heterocycles. The standard InChI is InChI=1S/C20H24INOS/c1-12-9-14(21)6-8-17(12)22-19(23)16-11-24-18-10-13(20(2,3)4)5-7-15(16)18/h6,8-9,11,13H,5,7,10H2,1-4H3,(H,22,23). The van der Waals surface area contributed by atoms with Crippen molar-refractivity contribution >= 4 is 45.5 Å². The van der Waals surface area contributed by atoms with Gasteiger partial charge in [-0.3, -0.25) is 4.79 Å². The number of rotatable bonds is 2. The van der Waals surface area contributed by atoms with Crippen molar-refractivity contribution in [2.24, 2.45) is 11.3 Å². The lowest BCUT2D eigenvalue weighted by molar-refractivity contribution is 0.102. The van der Waals surface area contributed by atoms with E-state index < -0.39 is 0 Å². The van der Waals surface area contributed by atoms with Gasteiger partial charge in [0, 0.05) is 19.5 Å². The number of halogens is 1. The highest BCUT2D eigenvalue weighted by atomic mass is 127. The van der Waals surface area contributed by atoms with Crippen LogP contribution in [0.4, 0.5) is 5.69 Å². The van der Waals surface area contributed by atoms with E-state index in [2.05, 4.69) is 54.7 Å². The zero-order chi connectivity index (χ0) is 17.5. The number of fused-ring (bicyclic) bond motifs is 1. The zero-order valence-corrected chi connectivity index (χ0v) is 17.7. The van der Waals surface area contributed by atoms with Crippen LogP contribution in [0.15, 0.2) is 23.6 Å². The molecule has 1 heterocycles. The summed E-state index contributed by atoms with van der Waals surface area (Å²) in [5.74, 6) is 0.740. The number of carbonyl (C=O) groups is 1. The van der Waals surface area contributed by atoms with Crippen LogP contribution in [0.5, 0.6) is 0 Å². The smallest absolute Gasteiger partial charge is 0.256 e. The first-order chi connectivity index (χ1) is 11.3. The van der Waals surface area contributed by atoms with Gasteiger partial charge in [0.05, 0.1) is 5.56 Å². The molecular formula is C20H24INOS. The highest BCUT2D eigenvalue weighted by Gasteiger charge is 2.31. The van der Waals surface area contributed by atoms with Crippen molar-refractivity contribution in [2.45, 2.75) is 47.0 Å². The van der Waals surface area contributed by atoms with Crippen molar-refractivity contribution in [2.75, 3.05) is 5.32 Å². The summed E-state index contributed by atoms with van der Waals surface area (Å²) in [6.45, 7) is 9.01. The van der Waals surface area contributed by atoms with E-state index in [1.54, 1.807) is 11.3 Å². The molecule has 2 aromatic rings. The Kier molecular flexibility index (Phi) is 5.07. The van der Waals surface area contributed by atoms with Crippen LogP contribution >= 0.6 is 33.9 Å². The Labute approximate surface area is 162 Å². The van der Waals surface area contributed by atoms with Gasteiger partial charge >= 0.3 is 0 Å². The van der Waals surface area contributed by atoms with Crippen LogP contribution in [0, 0.1) is 21.8 Å². The van der Waals surface area contributed by atoms with Gasteiger partial charge in [-0.15, -0.1) is 11.3 Å². The van der Waals surface area contributed by atoms with Crippen LogP contribution in [0.3, 0.4) is 0 Å². The van der Waals surface area contributed by atoms with Crippen molar-refractivity contribution < 1.29 is 4.79 Å². The third-order valence-electron chi connectivity index (χ3n) is 5.06. The van der Waals surface area contributed by atoms with Crippen molar-refractivity contribution in [3.63, 3.8) is 0 Å². The monoisotopic (exact) mass is 453 g/mol. The van der Waals surface area contributed by atoms with Gasteiger partial charge in [0.15, 0.2) is 0 Å². The maximum Gasteiger partial charge on any atom is 0.256 e. The van der Waals surface area contributed by atoms with E-state index in [-0.39, 0.29) is 5.91 Å². The summed E-state index contributed by atoms with van der Waals surface area (Å²) < 4.78 is 1.18. The quantitative estimate of drug-likeness (QED) is 0.550. The number of thiophene rings is 1. The topological polar surface area (TPSA) is 29.1 Å². The lowest BCUT2D eigenvalue weighted by Gasteiger charge is -2.34. The number of hydrogen-bond donors (Lipinski definition) is 1. The molecule has 1 amide bonds. The molecule has 1 atom stereocenters. The predicted molar refractivity (Wildman–Crippen MR) is 111 cm³/mol. The Morgan fingerprint density at radius 1 is 1.33 bits per heavy atom. The molecule has 128 valence electrons. The molecule has 0 radical (unpaired) electrons. The summed E-state index contributed by atoms with van der Waals surface area (Å²) in [6.07, 6.45) is 3.31. The normalized spacial score (nSPS) is 17.5. The molecule has 24 heavy (non-hydrogen) atoms. The fourth-order valence-corrected chi connectivity index (χ4v) is 5.21. The summed E-state index contributed by atoms with van der Waals surface area (Å²) >= 11 is 4.05. The lowest BCUT2D eigenvalue weighted by atomic mass is 9.72. The average Bonchev–Trinajstić information content (AvgIpc) is 2.92. The fourth-order valence-electron chi connectivity index (χ4n) is 3.40. The van der Waals surface area contributed by atoms with E-state index in [4.69, 9.17) is 0 Å². The number of nitrogens with one attached hydrogen (secondary N) is 1. The van der Waals surface area contributed by atoms with Crippen LogP contribution in [-0.2, 0) is 12.8 Å². The van der Waals surface area contributed by atoms with Gasteiger partial charge in [-0.1, -0.05) is 20.8 Å². The van der Waals surface area contributed by atoms with Gasteiger partial charge in [-0.05, 0) is 89.4 Å². The summed E-state index contributed by atoms with van der Waals surface area (Å²) in [4.78, 5) is 14.2. The van der Waals surface area contributed by atoms with Gasteiger partial charge < -0.3 is 5.32 Å². The van der Waals surface area contributed by atoms with Crippen LogP contribution in [0.25, 0.3) is 0 Å². The average molecular weight is 453 g/mol. The molecule has 1 unspecified atom stereocenters. The molecule has 1 aliphatic rings.